The number of carbonyl (C=O) groups excluding carboxylic acids is 3. The second-order valence-electron chi connectivity index (χ2n) is 13.6. The summed E-state index contributed by atoms with van der Waals surface area (Å²) in [6, 6.07) is -0.0815. The molecule has 2 amide bonds. The number of ether oxygens (including phenoxy) is 1. The number of rotatable bonds is 16. The first kappa shape index (κ1) is 33.5. The molecule has 206 valence electrons. The van der Waals surface area contributed by atoms with Crippen molar-refractivity contribution in [1.29, 1.82) is 0 Å². The quantitative estimate of drug-likeness (QED) is 0.241. The highest BCUT2D eigenvalue weighted by Crippen LogP contribution is 2.47. The molecule has 0 aromatic rings. The van der Waals surface area contributed by atoms with Crippen LogP contribution in [0.25, 0.3) is 0 Å². The van der Waals surface area contributed by atoms with E-state index in [4.69, 9.17) is 16.2 Å². The van der Waals surface area contributed by atoms with Crippen molar-refractivity contribution in [3.8, 4) is 0 Å². The lowest BCUT2D eigenvalue weighted by Crippen LogP contribution is -2.54. The van der Waals surface area contributed by atoms with Gasteiger partial charge in [-0.3, -0.25) is 9.59 Å². The lowest BCUT2D eigenvalue weighted by molar-refractivity contribution is -0.136. The smallest absolute Gasteiger partial charge is 0.224 e. The molecule has 0 aliphatic carbocycles. The Labute approximate surface area is 214 Å². The predicted octanol–water partition coefficient (Wildman–Crippen LogP) is 3.31. The molecule has 0 saturated heterocycles. The van der Waals surface area contributed by atoms with Crippen molar-refractivity contribution in [3.63, 3.8) is 0 Å². The minimum atomic E-state index is -0.628. The normalized spacial score (nSPS) is 15.3. The van der Waals surface area contributed by atoms with Crippen LogP contribution in [0.15, 0.2) is 0 Å². The predicted molar refractivity (Wildman–Crippen MR) is 143 cm³/mol. The van der Waals surface area contributed by atoms with Gasteiger partial charge in [0.15, 0.2) is 0 Å². The Balaban J connectivity index is 5.51. The first-order valence-corrected chi connectivity index (χ1v) is 12.7. The zero-order valence-corrected chi connectivity index (χ0v) is 24.3. The van der Waals surface area contributed by atoms with E-state index >= 15 is 0 Å². The van der Waals surface area contributed by atoms with Gasteiger partial charge in [-0.2, -0.15) is 0 Å². The van der Waals surface area contributed by atoms with Crippen molar-refractivity contribution in [2.45, 2.75) is 125 Å². The van der Waals surface area contributed by atoms with Crippen LogP contribution < -0.4 is 22.1 Å². The first-order valence-electron chi connectivity index (χ1n) is 12.7. The van der Waals surface area contributed by atoms with Crippen LogP contribution in [-0.4, -0.2) is 54.0 Å². The summed E-state index contributed by atoms with van der Waals surface area (Å²) < 4.78 is 5.95. The van der Waals surface area contributed by atoms with E-state index in [1.165, 1.54) is 0 Å². The molecular weight excluding hydrogens is 444 g/mol. The third kappa shape index (κ3) is 13.4. The molecule has 2 unspecified atom stereocenters. The summed E-state index contributed by atoms with van der Waals surface area (Å²) in [5.41, 5.74) is 9.68. The number of aldehydes is 1. The lowest BCUT2D eigenvalue weighted by atomic mass is 9.59. The van der Waals surface area contributed by atoms with E-state index in [-0.39, 0.29) is 36.4 Å². The standard InChI is InChI=1S/C27H54N4O4/c1-19(28)16-23(2,3)21(22(34)30-13-14-32)24(4,5)18-26(8,9)31-20(33)17-27(10,11)35-15-12-25(6,7)29/h14,19,21H,12-13,15-18,28-29H2,1-11H3,(H,30,34)(H,31,33). The molecule has 0 aliphatic heterocycles. The number of amides is 2. The van der Waals surface area contributed by atoms with Gasteiger partial charge in [0.25, 0.3) is 0 Å². The minimum Gasteiger partial charge on any atom is -0.375 e. The molecule has 8 nitrogen and oxygen atoms in total. The Hall–Kier alpha value is -1.51. The van der Waals surface area contributed by atoms with Gasteiger partial charge in [-0.05, 0) is 78.6 Å². The molecular formula is C27H54N4O4. The Bertz CT molecular complexity index is 706. The number of nitrogens with two attached hydrogens (primary N) is 2. The fourth-order valence-electron chi connectivity index (χ4n) is 5.69. The van der Waals surface area contributed by atoms with Crippen LogP contribution in [0.2, 0.25) is 0 Å². The monoisotopic (exact) mass is 498 g/mol. The number of nitrogens with one attached hydrogen (secondary N) is 2. The molecule has 0 aromatic carbocycles. The number of carbonyl (C=O) groups is 3. The molecule has 0 radical (unpaired) electrons. The summed E-state index contributed by atoms with van der Waals surface area (Å²) in [5, 5.41) is 5.89. The van der Waals surface area contributed by atoms with Crippen molar-refractivity contribution in [3.05, 3.63) is 0 Å². The van der Waals surface area contributed by atoms with Gasteiger partial charge in [0.1, 0.15) is 6.29 Å². The molecule has 0 fully saturated rings. The molecule has 8 heteroatoms. The highest BCUT2D eigenvalue weighted by Gasteiger charge is 2.47. The second kappa shape index (κ2) is 12.6. The lowest BCUT2D eigenvalue weighted by Gasteiger charge is -2.47. The molecule has 2 atom stereocenters. The summed E-state index contributed by atoms with van der Waals surface area (Å²) in [5.74, 6) is -0.705. The van der Waals surface area contributed by atoms with Crippen LogP contribution in [0.4, 0.5) is 0 Å². The van der Waals surface area contributed by atoms with Crippen molar-refractivity contribution in [1.82, 2.24) is 10.6 Å². The summed E-state index contributed by atoms with van der Waals surface area (Å²) >= 11 is 0. The van der Waals surface area contributed by atoms with Crippen LogP contribution >= 0.6 is 0 Å². The number of hydrogen-bond acceptors (Lipinski definition) is 6. The molecule has 0 heterocycles. The second-order valence-corrected chi connectivity index (χ2v) is 13.6. The topological polar surface area (TPSA) is 137 Å². The summed E-state index contributed by atoms with van der Waals surface area (Å²) in [6.07, 6.45) is 2.79. The first-order chi connectivity index (χ1) is 15.5. The van der Waals surface area contributed by atoms with E-state index in [1.54, 1.807) is 0 Å². The van der Waals surface area contributed by atoms with E-state index in [9.17, 15) is 14.4 Å². The van der Waals surface area contributed by atoms with Gasteiger partial charge in [0.05, 0.1) is 18.6 Å². The maximum Gasteiger partial charge on any atom is 0.224 e. The highest BCUT2D eigenvalue weighted by molar-refractivity contribution is 5.82. The molecule has 0 rings (SSSR count). The maximum atomic E-state index is 13.2. The Kier molecular flexibility index (Phi) is 12.1. The van der Waals surface area contributed by atoms with Gasteiger partial charge < -0.3 is 31.6 Å². The van der Waals surface area contributed by atoms with E-state index in [2.05, 4.69) is 10.6 Å². The molecule has 0 aliphatic rings. The van der Waals surface area contributed by atoms with E-state index in [0.29, 0.717) is 32.2 Å². The summed E-state index contributed by atoms with van der Waals surface area (Å²) in [6.45, 7) is 22.2. The maximum absolute atomic E-state index is 13.2. The average molecular weight is 499 g/mol. The molecule has 0 bridgehead atoms. The van der Waals surface area contributed by atoms with Gasteiger partial charge in [0.2, 0.25) is 11.8 Å². The van der Waals surface area contributed by atoms with Crippen LogP contribution in [-0.2, 0) is 19.1 Å². The third-order valence-electron chi connectivity index (χ3n) is 6.23. The summed E-state index contributed by atoms with van der Waals surface area (Å²) in [7, 11) is 0. The van der Waals surface area contributed by atoms with Gasteiger partial charge in [-0.25, -0.2) is 0 Å². The van der Waals surface area contributed by atoms with Gasteiger partial charge in [-0.15, -0.1) is 0 Å². The molecule has 0 aromatic heterocycles. The van der Waals surface area contributed by atoms with Crippen molar-refractivity contribution in [2.24, 2.45) is 28.2 Å². The van der Waals surface area contributed by atoms with Crippen molar-refractivity contribution < 1.29 is 19.1 Å². The van der Waals surface area contributed by atoms with Crippen molar-refractivity contribution >= 4 is 18.1 Å². The minimum absolute atomic E-state index is 0.0315. The zero-order chi connectivity index (χ0) is 27.9. The van der Waals surface area contributed by atoms with Gasteiger partial charge >= 0.3 is 0 Å². The van der Waals surface area contributed by atoms with Gasteiger partial charge in [0, 0.05) is 29.6 Å². The zero-order valence-electron chi connectivity index (χ0n) is 24.3. The highest BCUT2D eigenvalue weighted by atomic mass is 16.5. The molecule has 6 N–H and O–H groups in total. The SMILES string of the molecule is CC(N)CC(C)(C)C(C(=O)NCC=O)C(C)(C)CC(C)(C)NC(=O)CC(C)(C)OCCC(C)(C)N. The Morgan fingerprint density at radius 1 is 0.971 bits per heavy atom. The number of hydrogen-bond donors (Lipinski definition) is 4. The molecule has 0 spiro atoms. The Morgan fingerprint density at radius 2 is 1.51 bits per heavy atom. The van der Waals surface area contributed by atoms with Crippen LogP contribution in [0.5, 0.6) is 0 Å². The average Bonchev–Trinajstić information content (AvgIpc) is 2.53. The summed E-state index contributed by atoms with van der Waals surface area (Å²) in [4.78, 5) is 37.1. The van der Waals surface area contributed by atoms with Crippen LogP contribution in [0, 0.1) is 16.7 Å². The largest absolute Gasteiger partial charge is 0.375 e. The fourth-order valence-corrected chi connectivity index (χ4v) is 5.69. The van der Waals surface area contributed by atoms with Gasteiger partial charge in [-0.1, -0.05) is 27.7 Å². The fraction of sp³-hybridized carbons (Fsp3) is 0.889. The van der Waals surface area contributed by atoms with Crippen LogP contribution in [0.1, 0.15) is 102 Å². The van der Waals surface area contributed by atoms with E-state index < -0.39 is 27.9 Å². The molecule has 35 heavy (non-hydrogen) atoms. The van der Waals surface area contributed by atoms with E-state index in [1.807, 2.05) is 76.2 Å². The van der Waals surface area contributed by atoms with E-state index in [0.717, 1.165) is 0 Å². The Morgan fingerprint density at radius 3 is 1.97 bits per heavy atom. The van der Waals surface area contributed by atoms with Crippen LogP contribution in [0.3, 0.4) is 0 Å². The molecule has 0 saturated carbocycles. The third-order valence-corrected chi connectivity index (χ3v) is 6.23. The van der Waals surface area contributed by atoms with Crippen molar-refractivity contribution in [2.75, 3.05) is 13.2 Å².